The predicted octanol–water partition coefficient (Wildman–Crippen LogP) is 1.78. The molecule has 0 bridgehead atoms. The quantitative estimate of drug-likeness (QED) is 0.775. The zero-order valence-electron chi connectivity index (χ0n) is 11.7. The van der Waals surface area contributed by atoms with Gasteiger partial charge in [-0.3, -0.25) is 0 Å². The van der Waals surface area contributed by atoms with E-state index in [1.54, 1.807) is 0 Å². The van der Waals surface area contributed by atoms with Crippen LogP contribution in [0.25, 0.3) is 0 Å². The number of fused-ring (bicyclic) bond motifs is 1. The number of carboxylic acid groups (broad SMARTS) is 1. The molecule has 0 aliphatic carbocycles. The van der Waals surface area contributed by atoms with Crippen molar-refractivity contribution in [2.24, 2.45) is 0 Å². The first-order valence-corrected chi connectivity index (χ1v) is 6.84. The maximum Gasteiger partial charge on any atom is 0.490 e. The van der Waals surface area contributed by atoms with Crippen molar-refractivity contribution in [2.45, 2.75) is 25.2 Å². The van der Waals surface area contributed by atoms with E-state index in [0.29, 0.717) is 6.04 Å². The van der Waals surface area contributed by atoms with Crippen LogP contribution >= 0.6 is 0 Å². The fraction of sp³-hybridized carbons (Fsp3) is 0.500. The lowest BCUT2D eigenvalue weighted by Gasteiger charge is -2.30. The Labute approximate surface area is 125 Å². The van der Waals surface area contributed by atoms with Crippen LogP contribution in [0.15, 0.2) is 18.2 Å². The highest BCUT2D eigenvalue weighted by atomic mass is 19.4. The van der Waals surface area contributed by atoms with Gasteiger partial charge in [0.2, 0.25) is 0 Å². The molecule has 1 saturated heterocycles. The Kier molecular flexibility index (Phi) is 5.25. The number of halogens is 3. The van der Waals surface area contributed by atoms with Crippen molar-refractivity contribution in [1.29, 1.82) is 0 Å². The molecule has 0 unspecified atom stereocenters. The molecule has 0 amide bonds. The molecule has 0 atom stereocenters. The molecule has 122 valence electrons. The van der Waals surface area contributed by atoms with Gasteiger partial charge in [-0.1, -0.05) is 12.1 Å². The Morgan fingerprint density at radius 3 is 2.59 bits per heavy atom. The number of rotatable bonds is 2. The van der Waals surface area contributed by atoms with Crippen LogP contribution < -0.4 is 10.6 Å². The van der Waals surface area contributed by atoms with Gasteiger partial charge in [0.1, 0.15) is 0 Å². The lowest BCUT2D eigenvalue weighted by molar-refractivity contribution is -0.192. The highest BCUT2D eigenvalue weighted by Crippen LogP contribution is 2.24. The standard InChI is InChI=1S/C12H16N2O.C2HF3O2/c1-2-9-4-5-13-6-11(9)12(3-1)14-10-7-15-8-10;3-2(4,5)1(6)7/h1-3,10,13-14H,4-8H2;(H,6,7). The number of benzene rings is 1. The van der Waals surface area contributed by atoms with E-state index in [-0.39, 0.29) is 0 Å². The van der Waals surface area contributed by atoms with Gasteiger partial charge >= 0.3 is 12.1 Å². The first kappa shape index (κ1) is 16.6. The minimum absolute atomic E-state index is 0.512. The first-order valence-electron chi connectivity index (χ1n) is 6.84. The molecular weight excluding hydrogens is 301 g/mol. The van der Waals surface area contributed by atoms with Crippen molar-refractivity contribution >= 4 is 11.7 Å². The summed E-state index contributed by atoms with van der Waals surface area (Å²) in [5.74, 6) is -2.76. The molecular formula is C14H17F3N2O3. The summed E-state index contributed by atoms with van der Waals surface area (Å²) in [4.78, 5) is 8.90. The molecule has 1 fully saturated rings. The molecule has 22 heavy (non-hydrogen) atoms. The third kappa shape index (κ3) is 4.35. The largest absolute Gasteiger partial charge is 0.490 e. The maximum atomic E-state index is 10.6. The predicted molar refractivity (Wildman–Crippen MR) is 73.8 cm³/mol. The van der Waals surface area contributed by atoms with Gasteiger partial charge in [-0.15, -0.1) is 0 Å². The van der Waals surface area contributed by atoms with E-state index in [9.17, 15) is 13.2 Å². The summed E-state index contributed by atoms with van der Waals surface area (Å²) in [6.45, 7) is 3.78. The molecule has 0 saturated carbocycles. The van der Waals surface area contributed by atoms with E-state index in [4.69, 9.17) is 14.6 Å². The molecule has 3 rings (SSSR count). The fourth-order valence-electron chi connectivity index (χ4n) is 2.19. The minimum atomic E-state index is -5.08. The summed E-state index contributed by atoms with van der Waals surface area (Å²) in [6.07, 6.45) is -3.94. The van der Waals surface area contributed by atoms with Gasteiger partial charge < -0.3 is 20.5 Å². The molecule has 1 aromatic rings. The number of alkyl halides is 3. The third-order valence-corrected chi connectivity index (χ3v) is 3.39. The number of anilines is 1. The summed E-state index contributed by atoms with van der Waals surface area (Å²) < 4.78 is 36.9. The van der Waals surface area contributed by atoms with Gasteiger partial charge in [0.05, 0.1) is 19.3 Å². The fourth-order valence-corrected chi connectivity index (χ4v) is 2.19. The number of hydrogen-bond acceptors (Lipinski definition) is 4. The molecule has 8 heteroatoms. The summed E-state index contributed by atoms with van der Waals surface area (Å²) in [5.41, 5.74) is 4.21. The Balaban J connectivity index is 0.000000217. The van der Waals surface area contributed by atoms with Crippen molar-refractivity contribution in [1.82, 2.24) is 5.32 Å². The van der Waals surface area contributed by atoms with Crippen LogP contribution in [-0.2, 0) is 22.5 Å². The van der Waals surface area contributed by atoms with Crippen LogP contribution in [-0.4, -0.2) is 43.1 Å². The molecule has 0 spiro atoms. The summed E-state index contributed by atoms with van der Waals surface area (Å²) in [5, 5.41) is 14.1. The Bertz CT molecular complexity index is 531. The number of carboxylic acids is 1. The van der Waals surface area contributed by atoms with E-state index in [2.05, 4.69) is 28.8 Å². The van der Waals surface area contributed by atoms with E-state index in [1.165, 1.54) is 16.8 Å². The van der Waals surface area contributed by atoms with Gasteiger partial charge in [-0.2, -0.15) is 13.2 Å². The molecule has 3 N–H and O–H groups in total. The second kappa shape index (κ2) is 6.97. The first-order chi connectivity index (χ1) is 10.4. The second-order valence-corrected chi connectivity index (χ2v) is 5.05. The highest BCUT2D eigenvalue weighted by molar-refractivity contribution is 5.73. The van der Waals surface area contributed by atoms with Crippen molar-refractivity contribution in [3.05, 3.63) is 29.3 Å². The van der Waals surface area contributed by atoms with Crippen LogP contribution in [0.2, 0.25) is 0 Å². The monoisotopic (exact) mass is 318 g/mol. The van der Waals surface area contributed by atoms with Crippen molar-refractivity contribution in [2.75, 3.05) is 25.1 Å². The van der Waals surface area contributed by atoms with E-state index < -0.39 is 12.1 Å². The van der Waals surface area contributed by atoms with Crippen molar-refractivity contribution < 1.29 is 27.8 Å². The van der Waals surface area contributed by atoms with Gasteiger partial charge in [0, 0.05) is 12.2 Å². The van der Waals surface area contributed by atoms with Crippen LogP contribution in [0, 0.1) is 0 Å². The van der Waals surface area contributed by atoms with Crippen LogP contribution in [0.5, 0.6) is 0 Å². The number of ether oxygens (including phenoxy) is 1. The molecule has 2 aliphatic heterocycles. The average molecular weight is 318 g/mol. The second-order valence-electron chi connectivity index (χ2n) is 5.05. The Morgan fingerprint density at radius 2 is 2.05 bits per heavy atom. The summed E-state index contributed by atoms with van der Waals surface area (Å²) >= 11 is 0. The van der Waals surface area contributed by atoms with E-state index in [0.717, 1.165) is 32.7 Å². The molecule has 0 aromatic heterocycles. The number of hydrogen-bond donors (Lipinski definition) is 3. The zero-order chi connectivity index (χ0) is 16.2. The topological polar surface area (TPSA) is 70.6 Å². The van der Waals surface area contributed by atoms with Crippen molar-refractivity contribution in [3.63, 3.8) is 0 Å². The SMILES string of the molecule is O=C(O)C(F)(F)F.c1cc2c(c(NC3COC3)c1)CNCC2. The Hall–Kier alpha value is -1.80. The number of carbonyl (C=O) groups is 1. The van der Waals surface area contributed by atoms with E-state index >= 15 is 0 Å². The van der Waals surface area contributed by atoms with Gasteiger partial charge in [-0.05, 0) is 30.2 Å². The minimum Gasteiger partial charge on any atom is -0.475 e. The summed E-state index contributed by atoms with van der Waals surface area (Å²) in [7, 11) is 0. The van der Waals surface area contributed by atoms with Gasteiger partial charge in [-0.25, -0.2) is 4.79 Å². The van der Waals surface area contributed by atoms with Crippen LogP contribution in [0.3, 0.4) is 0 Å². The number of nitrogens with one attached hydrogen (secondary N) is 2. The molecule has 5 nitrogen and oxygen atoms in total. The normalized spacial score (nSPS) is 17.6. The number of aliphatic carboxylic acids is 1. The van der Waals surface area contributed by atoms with E-state index in [1.807, 2.05) is 0 Å². The Morgan fingerprint density at radius 1 is 1.36 bits per heavy atom. The van der Waals surface area contributed by atoms with Crippen molar-refractivity contribution in [3.8, 4) is 0 Å². The highest BCUT2D eigenvalue weighted by Gasteiger charge is 2.38. The molecule has 2 heterocycles. The van der Waals surface area contributed by atoms with Crippen LogP contribution in [0.1, 0.15) is 11.1 Å². The van der Waals surface area contributed by atoms with Gasteiger partial charge in [0.15, 0.2) is 0 Å². The van der Waals surface area contributed by atoms with Gasteiger partial charge in [0.25, 0.3) is 0 Å². The molecule has 1 aromatic carbocycles. The zero-order valence-corrected chi connectivity index (χ0v) is 11.7. The molecule has 0 radical (unpaired) electrons. The lowest BCUT2D eigenvalue weighted by atomic mass is 9.99. The summed E-state index contributed by atoms with van der Waals surface area (Å²) in [6, 6.07) is 7.06. The average Bonchev–Trinajstić information content (AvgIpc) is 2.42. The third-order valence-electron chi connectivity index (χ3n) is 3.39. The maximum absolute atomic E-state index is 10.6. The molecule has 2 aliphatic rings. The lowest BCUT2D eigenvalue weighted by Crippen LogP contribution is -2.40. The smallest absolute Gasteiger partial charge is 0.475 e. The van der Waals surface area contributed by atoms with Crippen LogP contribution in [0.4, 0.5) is 18.9 Å².